The molecule has 1 saturated heterocycles. The number of nitrogens with zero attached hydrogens (tertiary/aromatic N) is 1. The highest BCUT2D eigenvalue weighted by molar-refractivity contribution is 6.30. The Balaban J connectivity index is 1.84. The second-order valence-corrected chi connectivity index (χ2v) is 5.67. The SMILES string of the molecule is CCOC(=O)C1CCN(C(=O)/C=C/c2ccc(Cl)cc2)CC1. The molecule has 0 spiro atoms. The molecule has 0 saturated carbocycles. The molecule has 1 aliphatic rings. The molecule has 0 atom stereocenters. The number of carbonyl (C=O) groups excluding carboxylic acids is 2. The zero-order valence-corrected chi connectivity index (χ0v) is 13.4. The van der Waals surface area contributed by atoms with Crippen LogP contribution in [0.15, 0.2) is 30.3 Å². The number of piperidine rings is 1. The predicted molar refractivity (Wildman–Crippen MR) is 86.4 cm³/mol. The van der Waals surface area contributed by atoms with Crippen LogP contribution in [-0.2, 0) is 14.3 Å². The van der Waals surface area contributed by atoms with Crippen molar-refractivity contribution < 1.29 is 14.3 Å². The maximum Gasteiger partial charge on any atom is 0.309 e. The lowest BCUT2D eigenvalue weighted by atomic mass is 9.97. The number of rotatable bonds is 4. The van der Waals surface area contributed by atoms with Crippen molar-refractivity contribution in [3.8, 4) is 0 Å². The van der Waals surface area contributed by atoms with Gasteiger partial charge in [0, 0.05) is 24.2 Å². The van der Waals surface area contributed by atoms with E-state index < -0.39 is 0 Å². The van der Waals surface area contributed by atoms with E-state index in [9.17, 15) is 9.59 Å². The molecular weight excluding hydrogens is 302 g/mol. The minimum absolute atomic E-state index is 0.0303. The maximum absolute atomic E-state index is 12.1. The van der Waals surface area contributed by atoms with Gasteiger partial charge in [0.2, 0.25) is 5.91 Å². The van der Waals surface area contributed by atoms with Gasteiger partial charge >= 0.3 is 5.97 Å². The zero-order valence-electron chi connectivity index (χ0n) is 12.6. The summed E-state index contributed by atoms with van der Waals surface area (Å²) in [6, 6.07) is 7.30. The normalized spacial score (nSPS) is 16.0. The number of benzene rings is 1. The van der Waals surface area contributed by atoms with Crippen LogP contribution < -0.4 is 0 Å². The van der Waals surface area contributed by atoms with Crippen LogP contribution >= 0.6 is 11.6 Å². The van der Waals surface area contributed by atoms with Gasteiger partial charge in [-0.3, -0.25) is 9.59 Å². The Morgan fingerprint density at radius 1 is 1.27 bits per heavy atom. The molecule has 5 heteroatoms. The lowest BCUT2D eigenvalue weighted by Crippen LogP contribution is -2.39. The van der Waals surface area contributed by atoms with E-state index in [1.54, 1.807) is 36.1 Å². The maximum atomic E-state index is 12.1. The fourth-order valence-electron chi connectivity index (χ4n) is 2.44. The third-order valence-electron chi connectivity index (χ3n) is 3.71. The largest absolute Gasteiger partial charge is 0.466 e. The van der Waals surface area contributed by atoms with E-state index in [-0.39, 0.29) is 17.8 Å². The van der Waals surface area contributed by atoms with Crippen molar-refractivity contribution in [2.45, 2.75) is 19.8 Å². The number of ether oxygens (including phenoxy) is 1. The number of hydrogen-bond acceptors (Lipinski definition) is 3. The van der Waals surface area contributed by atoms with Crippen LogP contribution in [-0.4, -0.2) is 36.5 Å². The van der Waals surface area contributed by atoms with Crippen LogP contribution in [0.5, 0.6) is 0 Å². The summed E-state index contributed by atoms with van der Waals surface area (Å²) in [4.78, 5) is 25.6. The average molecular weight is 322 g/mol. The highest BCUT2D eigenvalue weighted by Gasteiger charge is 2.27. The van der Waals surface area contributed by atoms with Gasteiger partial charge in [0.25, 0.3) is 0 Å². The Morgan fingerprint density at radius 3 is 2.50 bits per heavy atom. The van der Waals surface area contributed by atoms with Crippen molar-refractivity contribution >= 4 is 29.6 Å². The van der Waals surface area contributed by atoms with E-state index in [0.717, 1.165) is 5.56 Å². The third kappa shape index (κ3) is 4.60. The lowest BCUT2D eigenvalue weighted by molar-refractivity contribution is -0.150. The molecule has 1 heterocycles. The first kappa shape index (κ1) is 16.6. The van der Waals surface area contributed by atoms with Gasteiger partial charge in [0.15, 0.2) is 0 Å². The van der Waals surface area contributed by atoms with Gasteiger partial charge in [-0.2, -0.15) is 0 Å². The number of likely N-dealkylation sites (tertiary alicyclic amines) is 1. The van der Waals surface area contributed by atoms with Crippen molar-refractivity contribution in [3.63, 3.8) is 0 Å². The Kier molecular flexibility index (Phi) is 6.01. The molecule has 0 aliphatic carbocycles. The minimum Gasteiger partial charge on any atom is -0.466 e. The van der Waals surface area contributed by atoms with Gasteiger partial charge in [-0.1, -0.05) is 23.7 Å². The molecule has 0 radical (unpaired) electrons. The topological polar surface area (TPSA) is 46.6 Å². The summed E-state index contributed by atoms with van der Waals surface area (Å²) in [7, 11) is 0. The monoisotopic (exact) mass is 321 g/mol. The molecule has 2 rings (SSSR count). The summed E-state index contributed by atoms with van der Waals surface area (Å²) in [6.07, 6.45) is 4.67. The first-order chi connectivity index (χ1) is 10.6. The van der Waals surface area contributed by atoms with E-state index in [1.165, 1.54) is 0 Å². The summed E-state index contributed by atoms with van der Waals surface area (Å²) in [6.45, 7) is 3.39. The quantitative estimate of drug-likeness (QED) is 0.632. The fourth-order valence-corrected chi connectivity index (χ4v) is 2.57. The van der Waals surface area contributed by atoms with Gasteiger partial charge in [0.1, 0.15) is 0 Å². The summed E-state index contributed by atoms with van der Waals surface area (Å²) < 4.78 is 5.02. The van der Waals surface area contributed by atoms with Gasteiger partial charge in [-0.05, 0) is 43.5 Å². The molecule has 0 aromatic heterocycles. The van der Waals surface area contributed by atoms with Crippen LogP contribution in [0.1, 0.15) is 25.3 Å². The van der Waals surface area contributed by atoms with Crippen LogP contribution in [0, 0.1) is 5.92 Å². The van der Waals surface area contributed by atoms with E-state index in [4.69, 9.17) is 16.3 Å². The molecule has 1 fully saturated rings. The molecule has 1 aliphatic heterocycles. The number of esters is 1. The van der Waals surface area contributed by atoms with Crippen molar-refractivity contribution in [1.82, 2.24) is 4.90 Å². The average Bonchev–Trinajstić information content (AvgIpc) is 2.54. The first-order valence-electron chi connectivity index (χ1n) is 7.49. The van der Waals surface area contributed by atoms with Gasteiger partial charge < -0.3 is 9.64 Å². The predicted octanol–water partition coefficient (Wildman–Crippen LogP) is 3.15. The van der Waals surface area contributed by atoms with E-state index in [0.29, 0.717) is 37.6 Å². The molecule has 118 valence electrons. The first-order valence-corrected chi connectivity index (χ1v) is 7.87. The Labute approximate surface area is 135 Å². The molecule has 1 aromatic rings. The van der Waals surface area contributed by atoms with Gasteiger partial charge in [-0.15, -0.1) is 0 Å². The van der Waals surface area contributed by atoms with Crippen molar-refractivity contribution in [3.05, 3.63) is 40.9 Å². The number of amides is 1. The molecule has 1 amide bonds. The lowest BCUT2D eigenvalue weighted by Gasteiger charge is -2.30. The van der Waals surface area contributed by atoms with E-state index in [1.807, 2.05) is 12.1 Å². The molecule has 0 bridgehead atoms. The third-order valence-corrected chi connectivity index (χ3v) is 3.97. The van der Waals surface area contributed by atoms with Gasteiger partial charge in [0.05, 0.1) is 12.5 Å². The van der Waals surface area contributed by atoms with Gasteiger partial charge in [-0.25, -0.2) is 0 Å². The number of halogens is 1. The second kappa shape index (κ2) is 7.99. The standard InChI is InChI=1S/C17H20ClNO3/c1-2-22-17(21)14-9-11-19(12-10-14)16(20)8-5-13-3-6-15(18)7-4-13/h3-8,14H,2,9-12H2,1H3/b8-5+. The Bertz CT molecular complexity index is 546. The highest BCUT2D eigenvalue weighted by Crippen LogP contribution is 2.19. The molecule has 0 N–H and O–H groups in total. The van der Waals surface area contributed by atoms with Crippen LogP contribution in [0.4, 0.5) is 0 Å². The molecular formula is C17H20ClNO3. The van der Waals surface area contributed by atoms with Crippen LogP contribution in [0.2, 0.25) is 5.02 Å². The summed E-state index contributed by atoms with van der Waals surface area (Å²) >= 11 is 5.82. The van der Waals surface area contributed by atoms with E-state index >= 15 is 0 Å². The smallest absolute Gasteiger partial charge is 0.309 e. The molecule has 22 heavy (non-hydrogen) atoms. The summed E-state index contributed by atoms with van der Waals surface area (Å²) in [5.74, 6) is -0.257. The van der Waals surface area contributed by atoms with Crippen LogP contribution in [0.3, 0.4) is 0 Å². The fraction of sp³-hybridized carbons (Fsp3) is 0.412. The molecule has 1 aromatic carbocycles. The number of hydrogen-bond donors (Lipinski definition) is 0. The van der Waals surface area contributed by atoms with E-state index in [2.05, 4.69) is 0 Å². The molecule has 4 nitrogen and oxygen atoms in total. The highest BCUT2D eigenvalue weighted by atomic mass is 35.5. The van der Waals surface area contributed by atoms with Crippen molar-refractivity contribution in [1.29, 1.82) is 0 Å². The number of carbonyl (C=O) groups is 2. The van der Waals surface area contributed by atoms with Crippen LogP contribution in [0.25, 0.3) is 6.08 Å². The summed E-state index contributed by atoms with van der Waals surface area (Å²) in [5, 5.41) is 0.671. The summed E-state index contributed by atoms with van der Waals surface area (Å²) in [5.41, 5.74) is 0.930. The Morgan fingerprint density at radius 2 is 1.91 bits per heavy atom. The molecule has 0 unspecified atom stereocenters. The Hall–Kier alpha value is -1.81. The van der Waals surface area contributed by atoms with Crippen molar-refractivity contribution in [2.75, 3.05) is 19.7 Å². The van der Waals surface area contributed by atoms with Crippen molar-refractivity contribution in [2.24, 2.45) is 5.92 Å². The zero-order chi connectivity index (χ0) is 15.9. The minimum atomic E-state index is -0.147. The second-order valence-electron chi connectivity index (χ2n) is 5.24.